The quantitative estimate of drug-likeness (QED) is 0.828. The molecule has 1 rings (SSSR count). The number of carbonyl (C=O) groups is 1. The van der Waals surface area contributed by atoms with Gasteiger partial charge in [-0.25, -0.2) is 4.79 Å². The number of ether oxygens (including phenoxy) is 1. The van der Waals surface area contributed by atoms with E-state index < -0.39 is 5.60 Å². The molecule has 0 saturated carbocycles. The molecule has 0 fully saturated rings. The highest BCUT2D eigenvalue weighted by atomic mass is 79.9. The van der Waals surface area contributed by atoms with Crippen molar-refractivity contribution in [3.8, 4) is 0 Å². The Kier molecular flexibility index (Phi) is 5.66. The van der Waals surface area contributed by atoms with E-state index in [2.05, 4.69) is 26.6 Å². The summed E-state index contributed by atoms with van der Waals surface area (Å²) in [6.07, 6.45) is -0.389. The minimum Gasteiger partial charge on any atom is -0.444 e. The molecule has 0 aliphatic carbocycles. The van der Waals surface area contributed by atoms with Crippen molar-refractivity contribution in [2.45, 2.75) is 33.3 Å². The summed E-state index contributed by atoms with van der Waals surface area (Å²) >= 11 is 3.48. The Balaban J connectivity index is 2.32. The van der Waals surface area contributed by atoms with Crippen LogP contribution in [0.1, 0.15) is 26.3 Å². The number of anilines is 1. The second-order valence-electron chi connectivity index (χ2n) is 5.27. The largest absolute Gasteiger partial charge is 0.444 e. The molecule has 19 heavy (non-hydrogen) atoms. The average molecular weight is 329 g/mol. The van der Waals surface area contributed by atoms with Crippen molar-refractivity contribution in [2.75, 3.05) is 18.4 Å². The lowest BCUT2D eigenvalue weighted by atomic mass is 10.2. The molecule has 4 nitrogen and oxygen atoms in total. The Morgan fingerprint density at radius 2 is 2.00 bits per heavy atom. The maximum atomic E-state index is 11.4. The van der Waals surface area contributed by atoms with Gasteiger partial charge in [0.05, 0.1) is 0 Å². The first kappa shape index (κ1) is 15.8. The van der Waals surface area contributed by atoms with Gasteiger partial charge in [0.25, 0.3) is 0 Å². The summed E-state index contributed by atoms with van der Waals surface area (Å²) in [5.74, 6) is 0. The zero-order valence-electron chi connectivity index (χ0n) is 11.8. The summed E-state index contributed by atoms with van der Waals surface area (Å²) in [5.41, 5.74) is 1.75. The summed E-state index contributed by atoms with van der Waals surface area (Å²) in [6.45, 7) is 8.73. The van der Waals surface area contributed by atoms with E-state index in [1.54, 1.807) is 0 Å². The SMILES string of the molecule is Cc1c(Br)cccc1NCCNC(=O)OC(C)(C)C. The number of alkyl carbamates (subject to hydrolysis) is 1. The van der Waals surface area contributed by atoms with E-state index in [1.165, 1.54) is 0 Å². The smallest absolute Gasteiger partial charge is 0.407 e. The third kappa shape index (κ3) is 5.96. The number of carbonyl (C=O) groups excluding carboxylic acids is 1. The molecule has 5 heteroatoms. The van der Waals surface area contributed by atoms with Gasteiger partial charge >= 0.3 is 6.09 Å². The van der Waals surface area contributed by atoms with E-state index in [0.717, 1.165) is 15.7 Å². The van der Waals surface area contributed by atoms with Crippen molar-refractivity contribution < 1.29 is 9.53 Å². The molecule has 1 aromatic rings. The second-order valence-corrected chi connectivity index (χ2v) is 6.12. The molecule has 2 N–H and O–H groups in total. The first-order chi connectivity index (χ1) is 8.79. The Morgan fingerprint density at radius 3 is 2.63 bits per heavy atom. The highest BCUT2D eigenvalue weighted by molar-refractivity contribution is 9.10. The number of hydrogen-bond acceptors (Lipinski definition) is 3. The molecular weight excluding hydrogens is 308 g/mol. The summed E-state index contributed by atoms with van der Waals surface area (Å²) in [5, 5.41) is 5.98. The van der Waals surface area contributed by atoms with Gasteiger partial charge in [0, 0.05) is 23.2 Å². The zero-order chi connectivity index (χ0) is 14.5. The van der Waals surface area contributed by atoms with E-state index in [1.807, 2.05) is 45.9 Å². The Hall–Kier alpha value is -1.23. The van der Waals surface area contributed by atoms with Crippen LogP contribution in [0.5, 0.6) is 0 Å². The van der Waals surface area contributed by atoms with Crippen molar-refractivity contribution in [1.82, 2.24) is 5.32 Å². The number of amides is 1. The molecule has 0 heterocycles. The maximum absolute atomic E-state index is 11.4. The number of hydrogen-bond donors (Lipinski definition) is 2. The molecule has 0 saturated heterocycles. The fourth-order valence-corrected chi connectivity index (χ4v) is 1.84. The van der Waals surface area contributed by atoms with E-state index in [4.69, 9.17) is 4.74 Å². The minimum absolute atomic E-state index is 0.389. The lowest BCUT2D eigenvalue weighted by molar-refractivity contribution is 0.0530. The minimum atomic E-state index is -0.460. The predicted molar refractivity (Wildman–Crippen MR) is 81.6 cm³/mol. The predicted octanol–water partition coefficient (Wildman–Crippen LogP) is 3.69. The molecule has 0 unspecified atom stereocenters. The summed E-state index contributed by atoms with van der Waals surface area (Å²) in [4.78, 5) is 11.4. The highest BCUT2D eigenvalue weighted by Gasteiger charge is 2.15. The van der Waals surface area contributed by atoms with Crippen molar-refractivity contribution in [2.24, 2.45) is 0 Å². The molecule has 0 bridgehead atoms. The molecule has 0 aromatic heterocycles. The summed E-state index contributed by atoms with van der Waals surface area (Å²) < 4.78 is 6.21. The number of nitrogens with one attached hydrogen (secondary N) is 2. The van der Waals surface area contributed by atoms with E-state index in [0.29, 0.717) is 13.1 Å². The van der Waals surface area contributed by atoms with Crippen LogP contribution < -0.4 is 10.6 Å². The van der Waals surface area contributed by atoms with Gasteiger partial charge in [0.1, 0.15) is 5.60 Å². The lowest BCUT2D eigenvalue weighted by Crippen LogP contribution is -2.35. The van der Waals surface area contributed by atoms with E-state index >= 15 is 0 Å². The Labute approximate surface area is 123 Å². The number of benzene rings is 1. The molecule has 106 valence electrons. The third-order valence-electron chi connectivity index (χ3n) is 2.38. The lowest BCUT2D eigenvalue weighted by Gasteiger charge is -2.19. The molecule has 1 aromatic carbocycles. The maximum Gasteiger partial charge on any atom is 0.407 e. The first-order valence-electron chi connectivity index (χ1n) is 6.25. The molecule has 1 amide bonds. The molecule has 0 aliphatic rings. The van der Waals surface area contributed by atoms with Crippen molar-refractivity contribution in [3.05, 3.63) is 28.2 Å². The van der Waals surface area contributed by atoms with Gasteiger partial charge in [0.15, 0.2) is 0 Å². The molecule has 0 radical (unpaired) electrons. The van der Waals surface area contributed by atoms with Crippen molar-refractivity contribution >= 4 is 27.7 Å². The van der Waals surface area contributed by atoms with Crippen molar-refractivity contribution in [1.29, 1.82) is 0 Å². The van der Waals surface area contributed by atoms with Gasteiger partial charge in [-0.3, -0.25) is 0 Å². The fraction of sp³-hybridized carbons (Fsp3) is 0.500. The van der Waals surface area contributed by atoms with Gasteiger partial charge in [0.2, 0.25) is 0 Å². The van der Waals surface area contributed by atoms with E-state index in [-0.39, 0.29) is 6.09 Å². The summed E-state index contributed by atoms with van der Waals surface area (Å²) in [7, 11) is 0. The van der Waals surface area contributed by atoms with E-state index in [9.17, 15) is 4.79 Å². The molecule has 0 aliphatic heterocycles. The van der Waals surface area contributed by atoms with Gasteiger partial charge in [-0.1, -0.05) is 22.0 Å². The second kappa shape index (κ2) is 6.80. The average Bonchev–Trinajstić information content (AvgIpc) is 2.27. The monoisotopic (exact) mass is 328 g/mol. The van der Waals surface area contributed by atoms with Gasteiger partial charge in [-0.2, -0.15) is 0 Å². The highest BCUT2D eigenvalue weighted by Crippen LogP contribution is 2.22. The van der Waals surface area contributed by atoms with Crippen LogP contribution >= 0.6 is 15.9 Å². The van der Waals surface area contributed by atoms with Crippen LogP contribution in [0.25, 0.3) is 0 Å². The Bertz CT molecular complexity index is 442. The van der Waals surface area contributed by atoms with Crippen LogP contribution in [0.4, 0.5) is 10.5 Å². The zero-order valence-corrected chi connectivity index (χ0v) is 13.4. The van der Waals surface area contributed by atoms with Gasteiger partial charge in [-0.15, -0.1) is 0 Å². The van der Waals surface area contributed by atoms with Crippen LogP contribution in [-0.4, -0.2) is 24.8 Å². The number of rotatable bonds is 4. The molecule has 0 atom stereocenters. The van der Waals surface area contributed by atoms with Crippen LogP contribution in [0, 0.1) is 6.92 Å². The standard InChI is InChI=1S/C14H21BrN2O2/c1-10-11(15)6-5-7-12(10)16-8-9-17-13(18)19-14(2,3)4/h5-7,16H,8-9H2,1-4H3,(H,17,18). The van der Waals surface area contributed by atoms with Gasteiger partial charge < -0.3 is 15.4 Å². The van der Waals surface area contributed by atoms with Crippen LogP contribution in [0.2, 0.25) is 0 Å². The molecular formula is C14H21BrN2O2. The summed E-state index contributed by atoms with van der Waals surface area (Å²) in [6, 6.07) is 5.98. The van der Waals surface area contributed by atoms with Gasteiger partial charge in [-0.05, 0) is 45.4 Å². The van der Waals surface area contributed by atoms with Crippen LogP contribution in [0.3, 0.4) is 0 Å². The topological polar surface area (TPSA) is 50.4 Å². The van der Waals surface area contributed by atoms with Crippen LogP contribution in [0.15, 0.2) is 22.7 Å². The first-order valence-corrected chi connectivity index (χ1v) is 7.05. The Morgan fingerprint density at radius 1 is 1.32 bits per heavy atom. The fourth-order valence-electron chi connectivity index (χ4n) is 1.47. The van der Waals surface area contributed by atoms with Crippen LogP contribution in [-0.2, 0) is 4.74 Å². The number of halogens is 1. The third-order valence-corrected chi connectivity index (χ3v) is 3.24. The molecule has 0 spiro atoms. The van der Waals surface area contributed by atoms with Crippen molar-refractivity contribution in [3.63, 3.8) is 0 Å². The normalized spacial score (nSPS) is 11.0.